The van der Waals surface area contributed by atoms with Gasteiger partial charge in [0.1, 0.15) is 0 Å². The summed E-state index contributed by atoms with van der Waals surface area (Å²) in [6, 6.07) is 3.92. The minimum atomic E-state index is 0.0537. The van der Waals surface area contributed by atoms with Gasteiger partial charge in [-0.15, -0.1) is 11.3 Å². The Kier molecular flexibility index (Phi) is 5.14. The lowest BCUT2D eigenvalue weighted by Crippen LogP contribution is -2.51. The lowest BCUT2D eigenvalue weighted by atomic mass is 10.3. The van der Waals surface area contributed by atoms with Gasteiger partial charge in [-0.1, -0.05) is 6.07 Å². The molecule has 1 aromatic rings. The van der Waals surface area contributed by atoms with E-state index >= 15 is 0 Å². The van der Waals surface area contributed by atoms with Crippen LogP contribution in [-0.2, 0) is 4.79 Å². The van der Waals surface area contributed by atoms with Gasteiger partial charge in [0.05, 0.1) is 11.4 Å². The van der Waals surface area contributed by atoms with Gasteiger partial charge in [0.25, 0.3) is 5.91 Å². The number of carbonyl (C=O) groups is 2. The quantitative estimate of drug-likeness (QED) is 0.903. The fraction of sp³-hybridized carbons (Fsp3) is 0.571. The molecule has 0 saturated carbocycles. The third-order valence-corrected chi connectivity index (χ3v) is 4.07. The molecule has 0 aliphatic carbocycles. The van der Waals surface area contributed by atoms with Gasteiger partial charge in [0.2, 0.25) is 5.91 Å². The Bertz CT molecular complexity index is 451. The number of nitrogens with zero attached hydrogens (tertiary/aromatic N) is 2. The van der Waals surface area contributed by atoms with Crippen LogP contribution in [0.4, 0.5) is 0 Å². The molecular formula is C14H21N3O2S. The molecule has 110 valence electrons. The molecule has 0 bridgehead atoms. The van der Waals surface area contributed by atoms with Crippen molar-refractivity contribution in [2.24, 2.45) is 0 Å². The average Bonchev–Trinajstić information content (AvgIpc) is 2.91. The first-order valence-corrected chi connectivity index (χ1v) is 7.78. The fourth-order valence-corrected chi connectivity index (χ4v) is 2.93. The third-order valence-electron chi connectivity index (χ3n) is 3.21. The van der Waals surface area contributed by atoms with E-state index in [0.29, 0.717) is 19.6 Å². The van der Waals surface area contributed by atoms with Gasteiger partial charge < -0.3 is 10.2 Å². The maximum Gasteiger partial charge on any atom is 0.264 e. The number of rotatable bonds is 4. The third kappa shape index (κ3) is 4.05. The summed E-state index contributed by atoms with van der Waals surface area (Å²) >= 11 is 1.47. The summed E-state index contributed by atoms with van der Waals surface area (Å²) < 4.78 is 0. The second-order valence-corrected chi connectivity index (χ2v) is 6.22. The van der Waals surface area contributed by atoms with Crippen LogP contribution in [0.25, 0.3) is 0 Å². The van der Waals surface area contributed by atoms with Crippen LogP contribution in [0, 0.1) is 0 Å². The molecule has 0 aromatic carbocycles. The molecule has 2 heterocycles. The van der Waals surface area contributed by atoms with E-state index in [-0.39, 0.29) is 17.9 Å². The molecule has 2 amide bonds. The monoisotopic (exact) mass is 295 g/mol. The highest BCUT2D eigenvalue weighted by Gasteiger charge is 2.23. The van der Waals surface area contributed by atoms with E-state index in [4.69, 9.17) is 0 Å². The number of carbonyl (C=O) groups excluding carboxylic acids is 2. The first-order valence-electron chi connectivity index (χ1n) is 6.91. The molecule has 6 heteroatoms. The summed E-state index contributed by atoms with van der Waals surface area (Å²) in [6.45, 7) is 7.20. The van der Waals surface area contributed by atoms with E-state index in [1.807, 2.05) is 36.3 Å². The smallest absolute Gasteiger partial charge is 0.264 e. The zero-order valence-electron chi connectivity index (χ0n) is 12.0. The Balaban J connectivity index is 1.78. The van der Waals surface area contributed by atoms with Crippen LogP contribution in [0.3, 0.4) is 0 Å². The zero-order chi connectivity index (χ0) is 14.5. The van der Waals surface area contributed by atoms with E-state index in [0.717, 1.165) is 18.0 Å². The summed E-state index contributed by atoms with van der Waals surface area (Å²) in [6.07, 6.45) is 0. The highest BCUT2D eigenvalue weighted by molar-refractivity contribution is 7.12. The van der Waals surface area contributed by atoms with Crippen LogP contribution in [0.15, 0.2) is 17.5 Å². The van der Waals surface area contributed by atoms with Crippen LogP contribution in [0.2, 0.25) is 0 Å². The van der Waals surface area contributed by atoms with Crippen molar-refractivity contribution in [2.75, 3.05) is 32.7 Å². The Morgan fingerprint density at radius 3 is 2.55 bits per heavy atom. The number of thiophene rings is 1. The molecule has 1 aliphatic heterocycles. The molecule has 5 nitrogen and oxygen atoms in total. The fourth-order valence-electron chi connectivity index (χ4n) is 2.24. The molecule has 0 spiro atoms. The molecule has 1 aromatic heterocycles. The van der Waals surface area contributed by atoms with E-state index in [1.54, 1.807) is 0 Å². The van der Waals surface area contributed by atoms with Crippen molar-refractivity contribution < 1.29 is 9.59 Å². The number of amides is 2. The molecule has 0 atom stereocenters. The standard InChI is InChI=1S/C14H21N3O2S/c1-11(2)15-13(18)10-16-5-7-17(8-6-16)14(19)12-4-3-9-20-12/h3-4,9,11H,5-8,10H2,1-2H3,(H,15,18). The molecular weight excluding hydrogens is 274 g/mol. The summed E-state index contributed by atoms with van der Waals surface area (Å²) in [7, 11) is 0. The first kappa shape index (κ1) is 15.0. The Labute approximate surface area is 123 Å². The zero-order valence-corrected chi connectivity index (χ0v) is 12.8. The predicted molar refractivity (Wildman–Crippen MR) is 79.9 cm³/mol. The lowest BCUT2D eigenvalue weighted by Gasteiger charge is -2.34. The molecule has 1 saturated heterocycles. The van der Waals surface area contributed by atoms with Crippen molar-refractivity contribution in [3.8, 4) is 0 Å². The van der Waals surface area contributed by atoms with Crippen LogP contribution in [0.1, 0.15) is 23.5 Å². The molecule has 2 rings (SSSR count). The van der Waals surface area contributed by atoms with Gasteiger partial charge in [-0.3, -0.25) is 14.5 Å². The number of nitrogens with one attached hydrogen (secondary N) is 1. The van der Waals surface area contributed by atoms with Crippen LogP contribution in [-0.4, -0.2) is 60.4 Å². The van der Waals surface area contributed by atoms with Gasteiger partial charge in [0, 0.05) is 32.2 Å². The topological polar surface area (TPSA) is 52.7 Å². The molecule has 1 N–H and O–H groups in total. The number of hydrogen-bond acceptors (Lipinski definition) is 4. The van der Waals surface area contributed by atoms with Gasteiger partial charge >= 0.3 is 0 Å². The molecule has 1 fully saturated rings. The highest BCUT2D eigenvalue weighted by atomic mass is 32.1. The maximum absolute atomic E-state index is 12.2. The lowest BCUT2D eigenvalue weighted by molar-refractivity contribution is -0.123. The average molecular weight is 295 g/mol. The van der Waals surface area contributed by atoms with Crippen LogP contribution < -0.4 is 5.32 Å². The van der Waals surface area contributed by atoms with E-state index < -0.39 is 0 Å². The normalized spacial score (nSPS) is 16.4. The molecule has 20 heavy (non-hydrogen) atoms. The van der Waals surface area contributed by atoms with Crippen molar-refractivity contribution in [3.63, 3.8) is 0 Å². The minimum Gasteiger partial charge on any atom is -0.353 e. The minimum absolute atomic E-state index is 0.0537. The SMILES string of the molecule is CC(C)NC(=O)CN1CCN(C(=O)c2cccs2)CC1. The van der Waals surface area contributed by atoms with Gasteiger partial charge in [-0.05, 0) is 25.3 Å². The van der Waals surface area contributed by atoms with Crippen molar-refractivity contribution >= 4 is 23.2 Å². The predicted octanol–water partition coefficient (Wildman–Crippen LogP) is 1.03. The maximum atomic E-state index is 12.2. The summed E-state index contributed by atoms with van der Waals surface area (Å²) in [5, 5.41) is 4.80. The largest absolute Gasteiger partial charge is 0.353 e. The molecule has 1 aliphatic rings. The van der Waals surface area contributed by atoms with E-state index in [9.17, 15) is 9.59 Å². The summed E-state index contributed by atoms with van der Waals surface area (Å²) in [4.78, 5) is 28.6. The second-order valence-electron chi connectivity index (χ2n) is 5.27. The number of piperazine rings is 1. The van der Waals surface area contributed by atoms with Crippen molar-refractivity contribution in [2.45, 2.75) is 19.9 Å². The second kappa shape index (κ2) is 6.85. The molecule has 0 radical (unpaired) electrons. The van der Waals surface area contributed by atoms with Crippen molar-refractivity contribution in [1.29, 1.82) is 0 Å². The Morgan fingerprint density at radius 2 is 2.00 bits per heavy atom. The van der Waals surface area contributed by atoms with Gasteiger partial charge in [-0.25, -0.2) is 0 Å². The Hall–Kier alpha value is -1.40. The summed E-state index contributed by atoms with van der Waals surface area (Å²) in [5.41, 5.74) is 0. The van der Waals surface area contributed by atoms with Gasteiger partial charge in [-0.2, -0.15) is 0 Å². The highest BCUT2D eigenvalue weighted by Crippen LogP contribution is 2.13. The Morgan fingerprint density at radius 1 is 1.30 bits per heavy atom. The van der Waals surface area contributed by atoms with Crippen LogP contribution >= 0.6 is 11.3 Å². The van der Waals surface area contributed by atoms with Crippen molar-refractivity contribution in [3.05, 3.63) is 22.4 Å². The molecule has 0 unspecified atom stereocenters. The van der Waals surface area contributed by atoms with Crippen LogP contribution in [0.5, 0.6) is 0 Å². The van der Waals surface area contributed by atoms with Gasteiger partial charge in [0.15, 0.2) is 0 Å². The van der Waals surface area contributed by atoms with E-state index in [2.05, 4.69) is 10.2 Å². The first-order chi connectivity index (χ1) is 9.56. The summed E-state index contributed by atoms with van der Waals surface area (Å²) in [5.74, 6) is 0.157. The van der Waals surface area contributed by atoms with E-state index in [1.165, 1.54) is 11.3 Å². The van der Waals surface area contributed by atoms with Crippen molar-refractivity contribution in [1.82, 2.24) is 15.1 Å². The number of hydrogen-bond donors (Lipinski definition) is 1.